The van der Waals surface area contributed by atoms with Crippen LogP contribution in [0.5, 0.6) is 11.5 Å². The number of methoxy groups -OCH3 is 1. The highest BCUT2D eigenvalue weighted by molar-refractivity contribution is 6.32. The molecule has 0 bridgehead atoms. The van der Waals surface area contributed by atoms with E-state index < -0.39 is 50.4 Å². The zero-order valence-corrected chi connectivity index (χ0v) is 16.2. The highest BCUT2D eigenvalue weighted by atomic mass is 35.5. The number of esters is 2. The molecule has 0 spiro atoms. The molecule has 0 fully saturated rings. The third-order valence-corrected chi connectivity index (χ3v) is 3.95. The first kappa shape index (κ1) is 22.9. The molecule has 0 aliphatic heterocycles. The highest BCUT2D eigenvalue weighted by Crippen LogP contribution is 2.38. The van der Waals surface area contributed by atoms with Crippen LogP contribution in [-0.2, 0) is 15.7 Å². The predicted molar refractivity (Wildman–Crippen MR) is 96.9 cm³/mol. The lowest BCUT2D eigenvalue weighted by atomic mass is 10.1. The molecule has 8 nitrogen and oxygen atoms in total. The van der Waals surface area contributed by atoms with E-state index in [9.17, 15) is 32.9 Å². The molecule has 30 heavy (non-hydrogen) atoms. The van der Waals surface area contributed by atoms with E-state index in [4.69, 9.17) is 21.1 Å². The van der Waals surface area contributed by atoms with E-state index in [1.165, 1.54) is 6.92 Å². The first-order valence-corrected chi connectivity index (χ1v) is 8.49. The van der Waals surface area contributed by atoms with E-state index >= 15 is 0 Å². The van der Waals surface area contributed by atoms with Crippen molar-refractivity contribution in [2.24, 2.45) is 0 Å². The van der Waals surface area contributed by atoms with E-state index in [-0.39, 0.29) is 18.1 Å². The number of hydrogen-bond acceptors (Lipinski definition) is 7. The number of nitro benzene ring substituents is 1. The van der Waals surface area contributed by atoms with Gasteiger partial charge >= 0.3 is 18.1 Å². The predicted octanol–water partition coefficient (Wildman–Crippen LogP) is 5.02. The molecule has 0 atom stereocenters. The summed E-state index contributed by atoms with van der Waals surface area (Å²) >= 11 is 5.83. The molecule has 160 valence electrons. The number of halogens is 4. The Hall–Kier alpha value is -3.34. The van der Waals surface area contributed by atoms with Crippen LogP contribution in [0.3, 0.4) is 0 Å². The zero-order valence-electron chi connectivity index (χ0n) is 15.4. The Morgan fingerprint density at radius 2 is 1.73 bits per heavy atom. The maximum Gasteiger partial charge on any atom is 0.416 e. The summed E-state index contributed by atoms with van der Waals surface area (Å²) in [7, 11) is 0.969. The summed E-state index contributed by atoms with van der Waals surface area (Å²) in [5, 5.41) is 11.0. The summed E-state index contributed by atoms with van der Waals surface area (Å²) in [5.41, 5.74) is -3.12. The van der Waals surface area contributed by atoms with Gasteiger partial charge in [0.1, 0.15) is 22.6 Å². The van der Waals surface area contributed by atoms with Crippen LogP contribution in [0.4, 0.5) is 18.9 Å². The SMILES string of the molecule is CCOC(=O)c1cc(Oc2ccc(C(F)(F)F)cc2Cl)cc(C(=O)OC)c1[N+](=O)[O-]. The highest BCUT2D eigenvalue weighted by Gasteiger charge is 2.33. The van der Waals surface area contributed by atoms with Crippen molar-refractivity contribution in [2.45, 2.75) is 13.1 Å². The molecule has 0 unspecified atom stereocenters. The van der Waals surface area contributed by atoms with E-state index in [1.54, 1.807) is 0 Å². The Balaban J connectivity index is 2.60. The number of benzene rings is 2. The van der Waals surface area contributed by atoms with Crippen LogP contribution in [0.2, 0.25) is 5.02 Å². The topological polar surface area (TPSA) is 105 Å². The van der Waals surface area contributed by atoms with Gasteiger partial charge in [-0.05, 0) is 25.1 Å². The second kappa shape index (κ2) is 8.99. The summed E-state index contributed by atoms with van der Waals surface area (Å²) in [4.78, 5) is 34.7. The van der Waals surface area contributed by atoms with Crippen molar-refractivity contribution >= 4 is 29.2 Å². The first-order valence-electron chi connectivity index (χ1n) is 8.12. The molecule has 2 rings (SSSR count). The second-order valence-corrected chi connectivity index (χ2v) is 5.99. The molecule has 2 aromatic rings. The number of carbonyl (C=O) groups is 2. The van der Waals surface area contributed by atoms with Crippen LogP contribution in [-0.4, -0.2) is 30.6 Å². The van der Waals surface area contributed by atoms with Crippen LogP contribution < -0.4 is 4.74 Å². The standard InChI is InChI=1S/C18H13ClF3NO7/c1-3-29-17(25)12-8-10(7-11(16(24)28-2)15(12)23(26)27)30-14-5-4-9(6-13(14)19)18(20,21)22/h4-8H,3H2,1-2H3. The Morgan fingerprint density at radius 3 is 2.20 bits per heavy atom. The number of carbonyl (C=O) groups excluding carboxylic acids is 2. The van der Waals surface area contributed by atoms with Gasteiger partial charge in [-0.25, -0.2) is 9.59 Å². The fourth-order valence-electron chi connectivity index (χ4n) is 2.38. The first-order chi connectivity index (χ1) is 14.0. The summed E-state index contributed by atoms with van der Waals surface area (Å²) in [6.45, 7) is 1.35. The Morgan fingerprint density at radius 1 is 1.13 bits per heavy atom. The average molecular weight is 448 g/mol. The van der Waals surface area contributed by atoms with Gasteiger partial charge in [0.25, 0.3) is 5.69 Å². The Labute approximate surface area is 172 Å². The molecule has 0 N–H and O–H groups in total. The molecule has 0 saturated carbocycles. The van der Waals surface area contributed by atoms with Crippen molar-refractivity contribution in [3.8, 4) is 11.5 Å². The quantitative estimate of drug-likeness (QED) is 0.347. The smallest absolute Gasteiger partial charge is 0.416 e. The van der Waals surface area contributed by atoms with Crippen LogP contribution in [0.15, 0.2) is 30.3 Å². The molecule has 0 aliphatic rings. The lowest BCUT2D eigenvalue weighted by Gasteiger charge is -2.13. The van der Waals surface area contributed by atoms with Crippen molar-refractivity contribution in [2.75, 3.05) is 13.7 Å². The van der Waals surface area contributed by atoms with Crippen molar-refractivity contribution in [3.05, 3.63) is 62.2 Å². The maximum atomic E-state index is 12.8. The molecule has 12 heteroatoms. The zero-order chi connectivity index (χ0) is 22.6. The molecule has 0 aromatic heterocycles. The van der Waals surface area contributed by atoms with Crippen molar-refractivity contribution < 1.29 is 41.9 Å². The number of rotatable bonds is 6. The van der Waals surface area contributed by atoms with Crippen LogP contribution in [0.25, 0.3) is 0 Å². The van der Waals surface area contributed by atoms with Crippen molar-refractivity contribution in [3.63, 3.8) is 0 Å². The normalized spacial score (nSPS) is 11.0. The Bertz CT molecular complexity index is 1010. The Kier molecular flexibility index (Phi) is 6.88. The number of ether oxygens (including phenoxy) is 3. The number of hydrogen-bond donors (Lipinski definition) is 0. The minimum atomic E-state index is -4.63. The molecule has 0 aliphatic carbocycles. The third-order valence-electron chi connectivity index (χ3n) is 3.65. The van der Waals surface area contributed by atoms with E-state index in [1.807, 2.05) is 0 Å². The van der Waals surface area contributed by atoms with Gasteiger partial charge in [-0.3, -0.25) is 10.1 Å². The molecular formula is C18H13ClF3NO7. The van der Waals surface area contributed by atoms with E-state index in [0.29, 0.717) is 12.1 Å². The van der Waals surface area contributed by atoms with Gasteiger partial charge in [-0.15, -0.1) is 0 Å². The van der Waals surface area contributed by atoms with Crippen LogP contribution in [0, 0.1) is 10.1 Å². The molecule has 0 radical (unpaired) electrons. The molecular weight excluding hydrogens is 435 g/mol. The number of nitro groups is 1. The summed E-state index contributed by atoms with van der Waals surface area (Å²) < 4.78 is 53.0. The summed E-state index contributed by atoms with van der Waals surface area (Å²) in [6.07, 6.45) is -4.63. The third kappa shape index (κ3) is 4.98. The second-order valence-electron chi connectivity index (χ2n) is 5.58. The molecule has 2 aromatic carbocycles. The fraction of sp³-hybridized carbons (Fsp3) is 0.222. The van der Waals surface area contributed by atoms with Gasteiger partial charge in [0.2, 0.25) is 0 Å². The van der Waals surface area contributed by atoms with Gasteiger partial charge in [0.15, 0.2) is 0 Å². The van der Waals surface area contributed by atoms with Crippen molar-refractivity contribution in [1.29, 1.82) is 0 Å². The lowest BCUT2D eigenvalue weighted by molar-refractivity contribution is -0.385. The van der Waals surface area contributed by atoms with Crippen LogP contribution in [0.1, 0.15) is 33.2 Å². The van der Waals surface area contributed by atoms with Gasteiger partial charge in [0, 0.05) is 12.1 Å². The molecule has 0 amide bonds. The van der Waals surface area contributed by atoms with E-state index in [0.717, 1.165) is 25.3 Å². The van der Waals surface area contributed by atoms with Gasteiger partial charge in [-0.2, -0.15) is 13.2 Å². The number of alkyl halides is 3. The van der Waals surface area contributed by atoms with Gasteiger partial charge in [0.05, 0.1) is 29.2 Å². The molecule has 0 saturated heterocycles. The summed E-state index contributed by atoms with van der Waals surface area (Å²) in [5.74, 6) is -2.79. The van der Waals surface area contributed by atoms with Gasteiger partial charge in [-0.1, -0.05) is 11.6 Å². The molecule has 0 heterocycles. The fourth-order valence-corrected chi connectivity index (χ4v) is 2.60. The maximum absolute atomic E-state index is 12.8. The van der Waals surface area contributed by atoms with Crippen molar-refractivity contribution in [1.82, 2.24) is 0 Å². The largest absolute Gasteiger partial charge is 0.465 e. The number of nitrogens with zero attached hydrogens (tertiary/aromatic N) is 1. The summed E-state index contributed by atoms with van der Waals surface area (Å²) in [6, 6.07) is 4.07. The average Bonchev–Trinajstić information content (AvgIpc) is 2.67. The van der Waals surface area contributed by atoms with Gasteiger partial charge < -0.3 is 14.2 Å². The minimum absolute atomic E-state index is 0.112. The van der Waals surface area contributed by atoms with Crippen LogP contribution >= 0.6 is 11.6 Å². The van der Waals surface area contributed by atoms with E-state index in [2.05, 4.69) is 4.74 Å². The monoisotopic (exact) mass is 447 g/mol. The minimum Gasteiger partial charge on any atom is -0.465 e. The lowest BCUT2D eigenvalue weighted by Crippen LogP contribution is -2.13.